The Labute approximate surface area is 119 Å². The van der Waals surface area contributed by atoms with Crippen LogP contribution in [0.15, 0.2) is 36.8 Å². The Hall–Kier alpha value is -1.25. The molecule has 3 N–H and O–H groups in total. The minimum atomic E-state index is -3.64. The molecule has 0 aromatic carbocycles. The van der Waals surface area contributed by atoms with Crippen LogP contribution in [0, 0.1) is 12.3 Å². The number of nitrogens with two attached hydrogens (primary N) is 1. The summed E-state index contributed by atoms with van der Waals surface area (Å²) in [5, 5.41) is 7.41. The maximum absolute atomic E-state index is 12.6. The fraction of sp³-hybridized carbons (Fsp3) is 0.182. The van der Waals surface area contributed by atoms with E-state index in [1.54, 1.807) is 13.2 Å². The summed E-state index contributed by atoms with van der Waals surface area (Å²) in [7, 11) is -3.64. The molecule has 8 heteroatoms. The summed E-state index contributed by atoms with van der Waals surface area (Å²) in [6.45, 7) is 1.60. The van der Waals surface area contributed by atoms with Gasteiger partial charge in [0, 0.05) is 0 Å². The number of rotatable bonds is 4. The number of thioether (sulfide) groups is 1. The quantitative estimate of drug-likeness (QED) is 0.513. The van der Waals surface area contributed by atoms with E-state index >= 15 is 0 Å². The first kappa shape index (κ1) is 14.2. The number of amidine groups is 1. The van der Waals surface area contributed by atoms with E-state index < -0.39 is 9.84 Å². The van der Waals surface area contributed by atoms with Crippen LogP contribution in [0.25, 0.3) is 0 Å². The molecular weight excluding hydrogens is 304 g/mol. The predicted molar refractivity (Wildman–Crippen MR) is 76.0 cm³/mol. The molecule has 0 radical (unpaired) electrons. The predicted octanol–water partition coefficient (Wildman–Crippen LogP) is 2.49. The monoisotopic (exact) mass is 316 g/mol. The molecule has 0 spiro atoms. The highest BCUT2D eigenvalue weighted by molar-refractivity contribution is 8.01. The zero-order chi connectivity index (χ0) is 14.2. The van der Waals surface area contributed by atoms with Gasteiger partial charge >= 0.3 is 0 Å². The van der Waals surface area contributed by atoms with E-state index in [0.717, 1.165) is 0 Å². The van der Waals surface area contributed by atoms with Crippen LogP contribution in [-0.4, -0.2) is 20.5 Å². The normalized spacial score (nSPS) is 11.7. The fourth-order valence-electron chi connectivity index (χ4n) is 1.59. The molecule has 0 fully saturated rings. The summed E-state index contributed by atoms with van der Waals surface area (Å²) in [6, 6.07) is 2.88. The standard InChI is InChI=1S/C11H12N2O3S3/c1-6-8(3-4-16-6)19(14,15)9-5-7(10(12)13)18-11(9)17-2/h3-5H,1-2H3,(H3,12,13). The molecule has 0 atom stereocenters. The smallest absolute Gasteiger partial charge is 0.212 e. The summed E-state index contributed by atoms with van der Waals surface area (Å²) in [4.78, 5) is 0.777. The van der Waals surface area contributed by atoms with E-state index in [4.69, 9.17) is 15.6 Å². The molecule has 2 aromatic rings. The number of hydrogen-bond acceptors (Lipinski definition) is 6. The van der Waals surface area contributed by atoms with Crippen molar-refractivity contribution in [3.63, 3.8) is 0 Å². The Kier molecular flexibility index (Phi) is 3.75. The van der Waals surface area contributed by atoms with Crippen molar-refractivity contribution in [2.45, 2.75) is 20.9 Å². The van der Waals surface area contributed by atoms with Crippen molar-refractivity contribution >= 4 is 38.8 Å². The highest BCUT2D eigenvalue weighted by atomic mass is 32.2. The molecule has 0 saturated carbocycles. The van der Waals surface area contributed by atoms with Crippen LogP contribution in [0.1, 0.15) is 10.6 Å². The first-order valence-corrected chi connectivity index (χ1v) is 8.71. The number of thiophene rings is 1. The van der Waals surface area contributed by atoms with Gasteiger partial charge in [-0.15, -0.1) is 23.1 Å². The summed E-state index contributed by atoms with van der Waals surface area (Å²) in [5.74, 6) is 0.216. The maximum Gasteiger partial charge on any atom is 0.212 e. The first-order chi connectivity index (χ1) is 8.87. The first-order valence-electron chi connectivity index (χ1n) is 5.19. The van der Waals surface area contributed by atoms with Crippen LogP contribution in [0.2, 0.25) is 0 Å². The van der Waals surface area contributed by atoms with Gasteiger partial charge in [-0.05, 0) is 25.3 Å². The van der Waals surface area contributed by atoms with Crippen LogP contribution in [0.5, 0.6) is 0 Å². The Morgan fingerprint density at radius 2 is 2.16 bits per heavy atom. The third-order valence-corrected chi connectivity index (χ3v) is 6.97. The van der Waals surface area contributed by atoms with Gasteiger partial charge in [0.15, 0.2) is 0 Å². The van der Waals surface area contributed by atoms with Crippen molar-refractivity contribution in [2.24, 2.45) is 5.73 Å². The highest BCUT2D eigenvalue weighted by Gasteiger charge is 2.27. The number of sulfone groups is 1. The molecule has 102 valence electrons. The lowest BCUT2D eigenvalue weighted by Gasteiger charge is -2.02. The van der Waals surface area contributed by atoms with E-state index in [0.29, 0.717) is 14.8 Å². The number of hydrogen-bond donors (Lipinski definition) is 2. The molecule has 0 aliphatic carbocycles. The minimum Gasteiger partial charge on any atom is -0.468 e. The molecule has 0 aliphatic rings. The van der Waals surface area contributed by atoms with Gasteiger partial charge in [0.25, 0.3) is 0 Å². The van der Waals surface area contributed by atoms with Crippen LogP contribution in [0.3, 0.4) is 0 Å². The van der Waals surface area contributed by atoms with Crippen LogP contribution in [0.4, 0.5) is 0 Å². The summed E-state index contributed by atoms with van der Waals surface area (Å²) in [5.41, 5.74) is 5.41. The number of nitrogens with one attached hydrogen (secondary N) is 1. The highest BCUT2D eigenvalue weighted by Crippen LogP contribution is 2.37. The Bertz CT molecular complexity index is 728. The van der Waals surface area contributed by atoms with Crippen LogP contribution >= 0.6 is 23.1 Å². The largest absolute Gasteiger partial charge is 0.468 e. The van der Waals surface area contributed by atoms with Crippen molar-refractivity contribution in [2.75, 3.05) is 6.26 Å². The fourth-order valence-corrected chi connectivity index (χ4v) is 5.60. The van der Waals surface area contributed by atoms with Gasteiger partial charge in [0.1, 0.15) is 16.5 Å². The summed E-state index contributed by atoms with van der Waals surface area (Å²) >= 11 is 2.52. The Balaban J connectivity index is 2.64. The number of nitrogen functional groups attached to an aromatic ring is 1. The Morgan fingerprint density at radius 3 is 2.63 bits per heavy atom. The van der Waals surface area contributed by atoms with Crippen molar-refractivity contribution in [1.29, 1.82) is 5.41 Å². The van der Waals surface area contributed by atoms with Gasteiger partial charge < -0.3 is 10.2 Å². The van der Waals surface area contributed by atoms with Crippen molar-refractivity contribution in [3.8, 4) is 0 Å². The SMILES string of the molecule is CSc1sc(C(=N)N)cc1S(=O)(=O)c1ccoc1C. The van der Waals surface area contributed by atoms with Gasteiger partial charge in [0.2, 0.25) is 9.84 Å². The molecule has 2 heterocycles. The second-order valence-corrected chi connectivity index (χ2v) is 7.74. The molecule has 0 saturated heterocycles. The second kappa shape index (κ2) is 5.03. The lowest BCUT2D eigenvalue weighted by molar-refractivity contribution is 0.522. The second-order valence-electron chi connectivity index (χ2n) is 3.72. The molecule has 0 unspecified atom stereocenters. The molecule has 2 rings (SSSR count). The third kappa shape index (κ3) is 2.43. The zero-order valence-electron chi connectivity index (χ0n) is 10.3. The minimum absolute atomic E-state index is 0.134. The van der Waals surface area contributed by atoms with E-state index in [2.05, 4.69) is 0 Å². The maximum atomic E-state index is 12.6. The Morgan fingerprint density at radius 1 is 1.47 bits per heavy atom. The lowest BCUT2D eigenvalue weighted by atomic mass is 10.4. The van der Waals surface area contributed by atoms with Crippen molar-refractivity contribution in [3.05, 3.63) is 29.0 Å². The van der Waals surface area contributed by atoms with Crippen molar-refractivity contribution < 1.29 is 12.8 Å². The van der Waals surface area contributed by atoms with Gasteiger partial charge in [0.05, 0.1) is 20.2 Å². The summed E-state index contributed by atoms with van der Waals surface area (Å²) < 4.78 is 30.8. The van der Waals surface area contributed by atoms with E-state index in [1.165, 1.54) is 41.5 Å². The van der Waals surface area contributed by atoms with E-state index in [-0.39, 0.29) is 15.6 Å². The average Bonchev–Trinajstić information content (AvgIpc) is 2.94. The zero-order valence-corrected chi connectivity index (χ0v) is 12.7. The lowest BCUT2D eigenvalue weighted by Crippen LogP contribution is -2.08. The number of aryl methyl sites for hydroxylation is 1. The van der Waals surface area contributed by atoms with Gasteiger partial charge in [-0.25, -0.2) is 8.42 Å². The van der Waals surface area contributed by atoms with E-state index in [9.17, 15) is 8.42 Å². The van der Waals surface area contributed by atoms with Crippen LogP contribution < -0.4 is 5.73 Å². The summed E-state index contributed by atoms with van der Waals surface area (Å²) in [6.07, 6.45) is 3.14. The molecule has 5 nitrogen and oxygen atoms in total. The number of furan rings is 1. The van der Waals surface area contributed by atoms with Crippen LogP contribution in [-0.2, 0) is 9.84 Å². The topological polar surface area (TPSA) is 97.1 Å². The molecule has 0 aliphatic heterocycles. The van der Waals surface area contributed by atoms with Gasteiger partial charge in [-0.1, -0.05) is 0 Å². The van der Waals surface area contributed by atoms with Gasteiger partial charge in [-0.3, -0.25) is 5.41 Å². The van der Waals surface area contributed by atoms with Gasteiger partial charge in [-0.2, -0.15) is 0 Å². The molecule has 0 amide bonds. The average molecular weight is 316 g/mol. The van der Waals surface area contributed by atoms with Crippen molar-refractivity contribution in [1.82, 2.24) is 0 Å². The molecule has 2 aromatic heterocycles. The van der Waals surface area contributed by atoms with E-state index in [1.807, 2.05) is 0 Å². The third-order valence-electron chi connectivity index (χ3n) is 2.51. The molecule has 19 heavy (non-hydrogen) atoms. The molecular formula is C11H12N2O3S3. The molecule has 0 bridgehead atoms.